The van der Waals surface area contributed by atoms with Crippen LogP contribution in [0, 0.1) is 5.41 Å². The van der Waals surface area contributed by atoms with Gasteiger partial charge in [-0.1, -0.05) is 95.3 Å². The molecule has 1 atom stereocenters. The second-order valence-electron chi connectivity index (χ2n) is 15.3. The Morgan fingerprint density at radius 1 is 0.887 bits per heavy atom. The molecule has 278 valence electrons. The van der Waals surface area contributed by atoms with Gasteiger partial charge in [0.2, 0.25) is 0 Å². The summed E-state index contributed by atoms with van der Waals surface area (Å²) in [7, 11) is -1.37. The van der Waals surface area contributed by atoms with Gasteiger partial charge in [-0.25, -0.2) is 0 Å². The molecule has 0 unspecified atom stereocenters. The molecule has 0 amide bonds. The average molecular weight is 759 g/mol. The molecule has 0 aliphatic rings. The average Bonchev–Trinajstić information content (AvgIpc) is 3.68. The molecule has 7 nitrogen and oxygen atoms in total. The number of ether oxygens (including phenoxy) is 1. The van der Waals surface area contributed by atoms with Crippen molar-refractivity contribution in [3.05, 3.63) is 108 Å². The maximum atomic E-state index is 14.5. The highest BCUT2D eigenvalue weighted by atomic mass is 32.1. The number of pyridine rings is 1. The van der Waals surface area contributed by atoms with Crippen LogP contribution in [-0.2, 0) is 22.1 Å². The molecular formula is C41H45F3N4O3SSi. The molecular weight excluding hydrogens is 714 g/mol. The highest BCUT2D eigenvalue weighted by molar-refractivity contribution is 7.09. The molecule has 6 aromatic rings. The van der Waals surface area contributed by atoms with Gasteiger partial charge in [0.25, 0.3) is 8.32 Å². The summed E-state index contributed by atoms with van der Waals surface area (Å²) in [5, 5.41) is 13.1. The lowest BCUT2D eigenvalue weighted by Crippen LogP contribution is -2.67. The number of alkyl halides is 3. The molecule has 0 radical (unpaired) electrons. The van der Waals surface area contributed by atoms with Gasteiger partial charge in [-0.3, -0.25) is 4.98 Å². The molecule has 3 aromatic heterocycles. The van der Waals surface area contributed by atoms with Crippen LogP contribution in [0.3, 0.4) is 0 Å². The summed E-state index contributed by atoms with van der Waals surface area (Å²) < 4.78 is 62.0. The third kappa shape index (κ3) is 7.82. The molecule has 0 bridgehead atoms. The smallest absolute Gasteiger partial charge is 0.406 e. The fourth-order valence-electron chi connectivity index (χ4n) is 7.37. The Bertz CT molecular complexity index is 2140. The van der Waals surface area contributed by atoms with Crippen LogP contribution in [0.15, 0.2) is 97.2 Å². The Labute approximate surface area is 313 Å². The minimum atomic E-state index is -4.52. The first-order valence-electron chi connectivity index (χ1n) is 17.5. The van der Waals surface area contributed by atoms with Crippen molar-refractivity contribution in [3.63, 3.8) is 0 Å². The van der Waals surface area contributed by atoms with Crippen LogP contribution in [0.2, 0.25) is 5.04 Å². The lowest BCUT2D eigenvalue weighted by atomic mass is 9.84. The van der Waals surface area contributed by atoms with Crippen molar-refractivity contribution in [2.45, 2.75) is 71.8 Å². The predicted octanol–water partition coefficient (Wildman–Crippen LogP) is 9.34. The number of nitrogens with zero attached hydrogens (tertiary/aromatic N) is 4. The number of fused-ring (bicyclic) bond motifs is 1. The molecule has 6 rings (SSSR count). The van der Waals surface area contributed by atoms with Crippen molar-refractivity contribution in [3.8, 4) is 27.8 Å². The van der Waals surface area contributed by atoms with E-state index in [0.29, 0.717) is 51.5 Å². The zero-order valence-electron chi connectivity index (χ0n) is 31.0. The molecule has 0 aliphatic heterocycles. The second kappa shape index (κ2) is 14.8. The Hall–Kier alpha value is -4.36. The number of hydrogen-bond acceptors (Lipinski definition) is 7. The molecule has 3 heterocycles. The van der Waals surface area contributed by atoms with Crippen LogP contribution in [-0.4, -0.2) is 52.2 Å². The summed E-state index contributed by atoms with van der Waals surface area (Å²) in [5.74, 6) is 0. The van der Waals surface area contributed by atoms with E-state index in [1.807, 2.05) is 55.5 Å². The van der Waals surface area contributed by atoms with Crippen molar-refractivity contribution >= 4 is 41.1 Å². The van der Waals surface area contributed by atoms with Gasteiger partial charge in [0.1, 0.15) is 11.6 Å². The zero-order valence-corrected chi connectivity index (χ0v) is 32.8. The van der Waals surface area contributed by atoms with Gasteiger partial charge in [0.05, 0.1) is 17.5 Å². The van der Waals surface area contributed by atoms with E-state index >= 15 is 0 Å². The van der Waals surface area contributed by atoms with Crippen molar-refractivity contribution in [2.75, 3.05) is 13.7 Å². The molecule has 12 heteroatoms. The van der Waals surface area contributed by atoms with Gasteiger partial charge >= 0.3 is 12.2 Å². The van der Waals surface area contributed by atoms with Gasteiger partial charge in [0, 0.05) is 41.9 Å². The fourth-order valence-corrected chi connectivity index (χ4v) is 12.7. The molecule has 3 aromatic carbocycles. The number of benzene rings is 3. The summed E-state index contributed by atoms with van der Waals surface area (Å²) in [4.78, 5) is 8.78. The standard InChI is InChI=1S/C41H45F3N4O3SSi/c1-27(50-7)35-31(19-14-22-45-35)36-33(32-23-28(37-46-38(49)47-52-37)20-21-34(32)48(36)25-41(42,43)44)24-40(5,6)26-51-53(39(2,3)4,29-15-10-8-11-16-29)30-17-12-9-13-18-30/h8-23,27H,24-26H2,1-7H3,(H,47,49)/t27-/m0/s1. The molecule has 0 spiro atoms. The second-order valence-corrected chi connectivity index (χ2v) is 20.3. The first-order chi connectivity index (χ1) is 25.0. The first kappa shape index (κ1) is 38.4. The Morgan fingerprint density at radius 2 is 1.53 bits per heavy atom. The maximum Gasteiger partial charge on any atom is 0.406 e. The number of aromatic hydroxyl groups is 1. The quantitative estimate of drug-likeness (QED) is 0.125. The number of halogens is 3. The number of methoxy groups -OCH3 is 1. The minimum absolute atomic E-state index is 0.261. The lowest BCUT2D eigenvalue weighted by Gasteiger charge is -2.44. The third-order valence-electron chi connectivity index (χ3n) is 9.75. The zero-order chi connectivity index (χ0) is 38.2. The molecule has 0 saturated carbocycles. The summed E-state index contributed by atoms with van der Waals surface area (Å²) in [6, 6.07) is 29.3. The van der Waals surface area contributed by atoms with E-state index in [-0.39, 0.29) is 11.0 Å². The highest BCUT2D eigenvalue weighted by Crippen LogP contribution is 2.44. The monoisotopic (exact) mass is 758 g/mol. The van der Waals surface area contributed by atoms with E-state index in [0.717, 1.165) is 27.5 Å². The van der Waals surface area contributed by atoms with E-state index in [1.54, 1.807) is 31.5 Å². The summed E-state index contributed by atoms with van der Waals surface area (Å²) >= 11 is 1.03. The van der Waals surface area contributed by atoms with Gasteiger partial charge in [-0.05, 0) is 81.6 Å². The van der Waals surface area contributed by atoms with Crippen LogP contribution in [0.25, 0.3) is 32.7 Å². The van der Waals surface area contributed by atoms with E-state index in [2.05, 4.69) is 73.2 Å². The van der Waals surface area contributed by atoms with Crippen molar-refractivity contribution < 1.29 is 27.4 Å². The van der Waals surface area contributed by atoms with E-state index in [1.165, 1.54) is 4.57 Å². The largest absolute Gasteiger partial charge is 0.478 e. The van der Waals surface area contributed by atoms with Crippen LogP contribution in [0.5, 0.6) is 6.01 Å². The van der Waals surface area contributed by atoms with Crippen molar-refractivity contribution in [1.29, 1.82) is 0 Å². The summed E-state index contributed by atoms with van der Waals surface area (Å²) in [6.07, 6.45) is -2.99. The molecule has 53 heavy (non-hydrogen) atoms. The molecule has 0 aliphatic carbocycles. The van der Waals surface area contributed by atoms with Gasteiger partial charge in [-0.15, -0.1) is 4.37 Å². The molecule has 1 N–H and O–H groups in total. The van der Waals surface area contributed by atoms with E-state index in [4.69, 9.17) is 9.16 Å². The Kier molecular flexibility index (Phi) is 10.7. The number of aromatic nitrogens is 4. The number of rotatable bonds is 12. The van der Waals surface area contributed by atoms with Crippen LogP contribution in [0.4, 0.5) is 13.2 Å². The first-order valence-corrected chi connectivity index (χ1v) is 20.2. The highest BCUT2D eigenvalue weighted by Gasteiger charge is 2.51. The Morgan fingerprint density at radius 3 is 2.08 bits per heavy atom. The van der Waals surface area contributed by atoms with Gasteiger partial charge in [0.15, 0.2) is 0 Å². The number of hydrogen-bond donors (Lipinski definition) is 1. The summed E-state index contributed by atoms with van der Waals surface area (Å²) in [6.45, 7) is 11.9. The van der Waals surface area contributed by atoms with Crippen LogP contribution < -0.4 is 10.4 Å². The normalized spacial score (nSPS) is 13.5. The lowest BCUT2D eigenvalue weighted by molar-refractivity contribution is -0.139. The van der Waals surface area contributed by atoms with Gasteiger partial charge < -0.3 is 18.8 Å². The van der Waals surface area contributed by atoms with Crippen molar-refractivity contribution in [2.24, 2.45) is 5.41 Å². The molecule has 0 fully saturated rings. The SMILES string of the molecule is CO[C@@H](C)c1ncccc1-c1c(CC(C)(C)CO[Si](c2ccccc2)(c2ccccc2)C(C)(C)C)c2cc(-c3nc(O)ns3)ccc2n1CC(F)(F)F. The topological polar surface area (TPSA) is 82.3 Å². The van der Waals surface area contributed by atoms with Crippen LogP contribution >= 0.6 is 11.5 Å². The Balaban J connectivity index is 1.56. The fraction of sp³-hybridized carbons (Fsp3) is 0.341. The van der Waals surface area contributed by atoms with Gasteiger partial charge in [-0.2, -0.15) is 18.2 Å². The minimum Gasteiger partial charge on any atom is -0.478 e. The molecule has 0 saturated heterocycles. The third-order valence-corrected chi connectivity index (χ3v) is 15.5. The van der Waals surface area contributed by atoms with Crippen molar-refractivity contribution in [1.82, 2.24) is 18.9 Å². The predicted molar refractivity (Wildman–Crippen MR) is 208 cm³/mol. The van der Waals surface area contributed by atoms with E-state index < -0.39 is 32.6 Å². The van der Waals surface area contributed by atoms with Crippen LogP contribution in [0.1, 0.15) is 58.9 Å². The maximum absolute atomic E-state index is 14.5. The van der Waals surface area contributed by atoms with E-state index in [9.17, 15) is 18.3 Å². The summed E-state index contributed by atoms with van der Waals surface area (Å²) in [5.41, 5.74) is 2.77.